The molecule has 0 saturated carbocycles. The third-order valence-electron chi connectivity index (χ3n) is 4.70. The molecule has 0 fully saturated rings. The maximum atomic E-state index is 12.8. The molecule has 1 aliphatic rings. The van der Waals surface area contributed by atoms with Gasteiger partial charge in [-0.1, -0.05) is 12.1 Å². The standard InChI is InChI=1S/C18H25N5O2/c1-12-10-14(6-7-15(12)25-5)11-22-8-9-23-13(2)19-20-17(23)16(22)18(24)21(3)4/h6-7,10,16H,8-9,11H2,1-5H3. The lowest BCUT2D eigenvalue weighted by molar-refractivity contribution is -0.136. The average molecular weight is 343 g/mol. The molecule has 3 rings (SSSR count). The van der Waals surface area contributed by atoms with E-state index in [-0.39, 0.29) is 5.91 Å². The van der Waals surface area contributed by atoms with Crippen molar-refractivity contribution < 1.29 is 9.53 Å². The van der Waals surface area contributed by atoms with Crippen molar-refractivity contribution in [2.75, 3.05) is 27.7 Å². The first-order chi connectivity index (χ1) is 11.9. The molecule has 2 aromatic rings. The highest BCUT2D eigenvalue weighted by molar-refractivity contribution is 5.82. The molecule has 1 unspecified atom stereocenters. The zero-order valence-electron chi connectivity index (χ0n) is 15.5. The Balaban J connectivity index is 1.91. The molecule has 0 bridgehead atoms. The molecule has 0 N–H and O–H groups in total. The van der Waals surface area contributed by atoms with Gasteiger partial charge in [0, 0.05) is 33.7 Å². The van der Waals surface area contributed by atoms with Crippen molar-refractivity contribution in [3.63, 3.8) is 0 Å². The summed E-state index contributed by atoms with van der Waals surface area (Å²) in [7, 11) is 5.23. The van der Waals surface area contributed by atoms with E-state index < -0.39 is 6.04 Å². The van der Waals surface area contributed by atoms with Gasteiger partial charge in [0.2, 0.25) is 5.91 Å². The Morgan fingerprint density at radius 2 is 2.04 bits per heavy atom. The summed E-state index contributed by atoms with van der Waals surface area (Å²) in [6.07, 6.45) is 0. The first-order valence-electron chi connectivity index (χ1n) is 8.40. The molecule has 1 aromatic carbocycles. The van der Waals surface area contributed by atoms with E-state index in [1.807, 2.05) is 30.5 Å². The summed E-state index contributed by atoms with van der Waals surface area (Å²) in [6, 6.07) is 5.73. The van der Waals surface area contributed by atoms with E-state index in [1.165, 1.54) is 0 Å². The average Bonchev–Trinajstić information content (AvgIpc) is 2.95. The summed E-state index contributed by atoms with van der Waals surface area (Å²) in [6.45, 7) is 6.21. The Labute approximate surface area is 148 Å². The Morgan fingerprint density at radius 3 is 2.68 bits per heavy atom. The van der Waals surface area contributed by atoms with Crippen LogP contribution in [0, 0.1) is 13.8 Å². The van der Waals surface area contributed by atoms with Gasteiger partial charge in [0.15, 0.2) is 11.9 Å². The molecule has 7 heteroatoms. The largest absolute Gasteiger partial charge is 0.496 e. The van der Waals surface area contributed by atoms with Crippen LogP contribution in [-0.2, 0) is 17.9 Å². The molecule has 1 aliphatic heterocycles. The van der Waals surface area contributed by atoms with Crippen molar-refractivity contribution in [3.05, 3.63) is 41.0 Å². The monoisotopic (exact) mass is 343 g/mol. The highest BCUT2D eigenvalue weighted by Gasteiger charge is 2.37. The first kappa shape index (κ1) is 17.4. The van der Waals surface area contributed by atoms with Gasteiger partial charge in [-0.3, -0.25) is 9.69 Å². The van der Waals surface area contributed by atoms with E-state index in [0.29, 0.717) is 6.54 Å². The first-order valence-corrected chi connectivity index (χ1v) is 8.40. The van der Waals surface area contributed by atoms with Gasteiger partial charge in [-0.25, -0.2) is 0 Å². The zero-order chi connectivity index (χ0) is 18.1. The number of hydrogen-bond acceptors (Lipinski definition) is 5. The molecule has 1 atom stereocenters. The highest BCUT2D eigenvalue weighted by atomic mass is 16.5. The second kappa shape index (κ2) is 6.84. The quantitative estimate of drug-likeness (QED) is 0.843. The van der Waals surface area contributed by atoms with Crippen LogP contribution in [0.2, 0.25) is 0 Å². The lowest BCUT2D eigenvalue weighted by Crippen LogP contribution is -2.45. The van der Waals surface area contributed by atoms with Crippen molar-refractivity contribution in [3.8, 4) is 5.75 Å². The maximum absolute atomic E-state index is 12.8. The van der Waals surface area contributed by atoms with Gasteiger partial charge >= 0.3 is 0 Å². The van der Waals surface area contributed by atoms with Crippen LogP contribution >= 0.6 is 0 Å². The number of methoxy groups -OCH3 is 1. The summed E-state index contributed by atoms with van der Waals surface area (Å²) in [5.74, 6) is 2.48. The molecule has 0 saturated heterocycles. The number of amides is 1. The number of fused-ring (bicyclic) bond motifs is 1. The zero-order valence-corrected chi connectivity index (χ0v) is 15.5. The van der Waals surface area contributed by atoms with Gasteiger partial charge in [-0.15, -0.1) is 10.2 Å². The van der Waals surface area contributed by atoms with Crippen molar-refractivity contribution in [2.24, 2.45) is 0 Å². The van der Waals surface area contributed by atoms with E-state index in [9.17, 15) is 4.79 Å². The summed E-state index contributed by atoms with van der Waals surface area (Å²) in [5, 5.41) is 8.45. The number of carbonyl (C=O) groups is 1. The Kier molecular flexibility index (Phi) is 4.76. The maximum Gasteiger partial charge on any atom is 0.247 e. The normalized spacial score (nSPS) is 17.2. The third kappa shape index (κ3) is 3.24. The fourth-order valence-electron chi connectivity index (χ4n) is 3.35. The molecule has 0 radical (unpaired) electrons. The third-order valence-corrected chi connectivity index (χ3v) is 4.70. The number of rotatable bonds is 4. The second-order valence-electron chi connectivity index (χ2n) is 6.67. The van der Waals surface area contributed by atoms with E-state index in [1.54, 1.807) is 26.1 Å². The second-order valence-corrected chi connectivity index (χ2v) is 6.67. The molecule has 134 valence electrons. The Hall–Kier alpha value is -2.41. The number of likely N-dealkylation sites (N-methyl/N-ethyl adjacent to an activating group) is 1. The summed E-state index contributed by atoms with van der Waals surface area (Å²) in [4.78, 5) is 16.6. The van der Waals surface area contributed by atoms with Crippen LogP contribution in [0.1, 0.15) is 28.8 Å². The Morgan fingerprint density at radius 1 is 1.28 bits per heavy atom. The minimum absolute atomic E-state index is 0.0265. The van der Waals surface area contributed by atoms with Gasteiger partial charge in [0.25, 0.3) is 0 Å². The summed E-state index contributed by atoms with van der Waals surface area (Å²) >= 11 is 0. The fraction of sp³-hybridized carbons (Fsp3) is 0.500. The van der Waals surface area contributed by atoms with Gasteiger partial charge in [0.1, 0.15) is 11.6 Å². The van der Waals surface area contributed by atoms with E-state index in [2.05, 4.69) is 21.2 Å². The van der Waals surface area contributed by atoms with Crippen LogP contribution in [0.5, 0.6) is 5.75 Å². The van der Waals surface area contributed by atoms with Gasteiger partial charge in [-0.2, -0.15) is 0 Å². The molecule has 0 aliphatic carbocycles. The van der Waals surface area contributed by atoms with E-state index in [0.717, 1.165) is 41.6 Å². The molecule has 1 amide bonds. The van der Waals surface area contributed by atoms with Crippen molar-refractivity contribution in [1.82, 2.24) is 24.6 Å². The lowest BCUT2D eigenvalue weighted by Gasteiger charge is -2.36. The molecular weight excluding hydrogens is 318 g/mol. The predicted molar refractivity (Wildman–Crippen MR) is 94.3 cm³/mol. The topological polar surface area (TPSA) is 63.5 Å². The minimum atomic E-state index is -0.410. The number of hydrogen-bond donors (Lipinski definition) is 0. The van der Waals surface area contributed by atoms with Crippen molar-refractivity contribution in [2.45, 2.75) is 33.0 Å². The van der Waals surface area contributed by atoms with Gasteiger partial charge in [0.05, 0.1) is 7.11 Å². The molecule has 25 heavy (non-hydrogen) atoms. The van der Waals surface area contributed by atoms with Crippen LogP contribution in [0.15, 0.2) is 18.2 Å². The number of ether oxygens (including phenoxy) is 1. The SMILES string of the molecule is COc1ccc(CN2CCn3c(C)nnc3C2C(=O)N(C)C)cc1C. The molecule has 7 nitrogen and oxygen atoms in total. The van der Waals surface area contributed by atoms with Crippen LogP contribution < -0.4 is 4.74 Å². The van der Waals surface area contributed by atoms with Crippen molar-refractivity contribution in [1.29, 1.82) is 0 Å². The predicted octanol–water partition coefficient (Wildman–Crippen LogP) is 1.55. The number of carbonyl (C=O) groups excluding carboxylic acids is 1. The molecule has 1 aromatic heterocycles. The van der Waals surface area contributed by atoms with Crippen molar-refractivity contribution >= 4 is 5.91 Å². The number of aromatic nitrogens is 3. The number of benzene rings is 1. The summed E-state index contributed by atoms with van der Waals surface area (Å²) in [5.41, 5.74) is 2.24. The van der Waals surface area contributed by atoms with Crippen LogP contribution in [0.25, 0.3) is 0 Å². The molecular formula is C18H25N5O2. The number of aryl methyl sites for hydroxylation is 2. The molecule has 0 spiro atoms. The fourth-order valence-corrected chi connectivity index (χ4v) is 3.35. The van der Waals surface area contributed by atoms with Crippen LogP contribution in [0.4, 0.5) is 0 Å². The van der Waals surface area contributed by atoms with Gasteiger partial charge in [-0.05, 0) is 31.0 Å². The number of nitrogens with zero attached hydrogens (tertiary/aromatic N) is 5. The van der Waals surface area contributed by atoms with Gasteiger partial charge < -0.3 is 14.2 Å². The van der Waals surface area contributed by atoms with E-state index >= 15 is 0 Å². The molecule has 2 heterocycles. The minimum Gasteiger partial charge on any atom is -0.496 e. The lowest BCUT2D eigenvalue weighted by atomic mass is 10.1. The highest BCUT2D eigenvalue weighted by Crippen LogP contribution is 2.29. The van der Waals surface area contributed by atoms with Crippen LogP contribution in [-0.4, -0.2) is 58.2 Å². The smallest absolute Gasteiger partial charge is 0.247 e. The van der Waals surface area contributed by atoms with Crippen LogP contribution in [0.3, 0.4) is 0 Å². The Bertz CT molecular complexity index is 784. The van der Waals surface area contributed by atoms with E-state index in [4.69, 9.17) is 4.74 Å². The summed E-state index contributed by atoms with van der Waals surface area (Å²) < 4.78 is 7.38.